The molecule has 0 saturated carbocycles. The van der Waals surface area contributed by atoms with Gasteiger partial charge < -0.3 is 4.74 Å². The second kappa shape index (κ2) is 8.07. The number of hydrogen-bond acceptors (Lipinski definition) is 6. The van der Waals surface area contributed by atoms with Crippen molar-refractivity contribution in [2.24, 2.45) is 0 Å². The number of esters is 1. The van der Waals surface area contributed by atoms with Crippen molar-refractivity contribution in [2.45, 2.75) is 13.3 Å². The fourth-order valence-electron chi connectivity index (χ4n) is 2.16. The first-order valence-electron chi connectivity index (χ1n) is 7.66. The second-order valence-corrected chi connectivity index (χ2v) is 6.87. The zero-order chi connectivity index (χ0) is 18.5. The fraction of sp³-hybridized carbons (Fsp3) is 0.111. The largest absolute Gasteiger partial charge is 0.427 e. The van der Waals surface area contributed by atoms with Crippen LogP contribution in [0.3, 0.4) is 0 Å². The number of rotatable bonds is 5. The number of nitrogens with zero attached hydrogens (tertiary/aromatic N) is 2. The Balaban J connectivity index is 1.62. The highest BCUT2D eigenvalue weighted by molar-refractivity contribution is 7.15. The van der Waals surface area contributed by atoms with Gasteiger partial charge in [0.1, 0.15) is 10.8 Å². The van der Waals surface area contributed by atoms with E-state index in [1.54, 1.807) is 24.3 Å². The smallest absolute Gasteiger partial charge is 0.308 e. The minimum atomic E-state index is -0.413. The second-order valence-electron chi connectivity index (χ2n) is 5.38. The lowest BCUT2D eigenvalue weighted by molar-refractivity contribution is -0.131. The van der Waals surface area contributed by atoms with Crippen LogP contribution in [0.25, 0.3) is 0 Å². The van der Waals surface area contributed by atoms with Crippen molar-refractivity contribution in [3.05, 3.63) is 69.7 Å². The Morgan fingerprint density at radius 2 is 1.77 bits per heavy atom. The van der Waals surface area contributed by atoms with Crippen molar-refractivity contribution < 1.29 is 14.3 Å². The summed E-state index contributed by atoms with van der Waals surface area (Å²) in [5.41, 5.74) is 1.49. The molecule has 0 radical (unpaired) electrons. The Morgan fingerprint density at radius 3 is 2.42 bits per heavy atom. The molecule has 6 nitrogen and oxygen atoms in total. The van der Waals surface area contributed by atoms with Crippen LogP contribution in [-0.2, 0) is 11.2 Å². The first kappa shape index (κ1) is 18.0. The van der Waals surface area contributed by atoms with Gasteiger partial charge in [0, 0.05) is 23.9 Å². The third-order valence-electron chi connectivity index (χ3n) is 3.33. The maximum Gasteiger partial charge on any atom is 0.308 e. The van der Waals surface area contributed by atoms with Gasteiger partial charge >= 0.3 is 5.97 Å². The lowest BCUT2D eigenvalue weighted by Crippen LogP contribution is -2.11. The van der Waals surface area contributed by atoms with Crippen LogP contribution in [-0.4, -0.2) is 22.1 Å². The van der Waals surface area contributed by atoms with E-state index in [9.17, 15) is 9.59 Å². The van der Waals surface area contributed by atoms with Crippen LogP contribution in [0.4, 0.5) is 5.13 Å². The number of aromatic nitrogens is 2. The van der Waals surface area contributed by atoms with Gasteiger partial charge in [-0.1, -0.05) is 35.1 Å². The summed E-state index contributed by atoms with van der Waals surface area (Å²) in [5.74, 6) is -0.340. The van der Waals surface area contributed by atoms with Crippen molar-refractivity contribution in [3.8, 4) is 5.75 Å². The lowest BCUT2D eigenvalue weighted by Gasteiger charge is -2.03. The van der Waals surface area contributed by atoms with Gasteiger partial charge in [-0.25, -0.2) is 0 Å². The van der Waals surface area contributed by atoms with E-state index in [-0.39, 0.29) is 5.91 Å². The van der Waals surface area contributed by atoms with Gasteiger partial charge in [-0.15, -0.1) is 10.2 Å². The Kier molecular flexibility index (Phi) is 5.60. The first-order chi connectivity index (χ1) is 12.5. The lowest BCUT2D eigenvalue weighted by atomic mass is 10.2. The van der Waals surface area contributed by atoms with Crippen molar-refractivity contribution in [2.75, 3.05) is 5.32 Å². The highest BCUT2D eigenvalue weighted by Gasteiger charge is 2.11. The van der Waals surface area contributed by atoms with Crippen LogP contribution in [0.1, 0.15) is 27.9 Å². The van der Waals surface area contributed by atoms with Gasteiger partial charge in [-0.05, 0) is 42.0 Å². The molecule has 2 aromatic carbocycles. The zero-order valence-electron chi connectivity index (χ0n) is 13.7. The summed E-state index contributed by atoms with van der Waals surface area (Å²) < 4.78 is 4.94. The van der Waals surface area contributed by atoms with E-state index >= 15 is 0 Å². The van der Waals surface area contributed by atoms with Gasteiger partial charge in [-0.3, -0.25) is 14.9 Å². The predicted octanol–water partition coefficient (Wildman–Crippen LogP) is 3.96. The molecule has 0 aliphatic carbocycles. The highest BCUT2D eigenvalue weighted by atomic mass is 35.5. The fourth-order valence-corrected chi connectivity index (χ4v) is 3.06. The molecule has 0 bridgehead atoms. The molecule has 0 saturated heterocycles. The maximum atomic E-state index is 12.3. The van der Waals surface area contributed by atoms with Gasteiger partial charge in [0.2, 0.25) is 5.13 Å². The molecule has 0 aliphatic rings. The zero-order valence-corrected chi connectivity index (χ0v) is 15.3. The van der Waals surface area contributed by atoms with E-state index in [0.717, 1.165) is 10.6 Å². The summed E-state index contributed by atoms with van der Waals surface area (Å²) in [6, 6.07) is 13.7. The molecule has 26 heavy (non-hydrogen) atoms. The number of carbonyl (C=O) groups excluding carboxylic acids is 2. The highest BCUT2D eigenvalue weighted by Crippen LogP contribution is 2.21. The number of benzene rings is 2. The van der Waals surface area contributed by atoms with E-state index in [1.807, 2.05) is 24.3 Å². The molecule has 0 unspecified atom stereocenters. The normalized spacial score (nSPS) is 10.4. The van der Waals surface area contributed by atoms with Gasteiger partial charge in [0.25, 0.3) is 5.91 Å². The van der Waals surface area contributed by atoms with Crippen molar-refractivity contribution in [1.29, 1.82) is 0 Å². The summed E-state index contributed by atoms with van der Waals surface area (Å²) in [6.07, 6.45) is 0.613. The number of halogens is 1. The molecule has 0 fully saturated rings. The Hall–Kier alpha value is -2.77. The first-order valence-corrected chi connectivity index (χ1v) is 8.86. The van der Waals surface area contributed by atoms with Crippen molar-refractivity contribution >= 4 is 39.9 Å². The number of hydrogen-bond donors (Lipinski definition) is 1. The third-order valence-corrected chi connectivity index (χ3v) is 4.42. The van der Waals surface area contributed by atoms with Crippen LogP contribution in [0.15, 0.2) is 48.5 Å². The maximum absolute atomic E-state index is 12.3. The molecule has 1 amide bonds. The number of anilines is 1. The van der Waals surface area contributed by atoms with Crippen LogP contribution >= 0.6 is 22.9 Å². The van der Waals surface area contributed by atoms with Gasteiger partial charge in [0.15, 0.2) is 0 Å². The minimum Gasteiger partial charge on any atom is -0.427 e. The number of ether oxygens (including phenoxy) is 1. The number of carbonyl (C=O) groups is 2. The Bertz CT molecular complexity index is 924. The molecule has 0 aliphatic heterocycles. The molecule has 1 heterocycles. The van der Waals surface area contributed by atoms with Crippen LogP contribution in [0, 0.1) is 0 Å². The molecule has 8 heteroatoms. The molecule has 3 rings (SSSR count). The van der Waals surface area contributed by atoms with Crippen LogP contribution in [0.2, 0.25) is 5.02 Å². The average Bonchev–Trinajstić information content (AvgIpc) is 3.04. The third kappa shape index (κ3) is 4.87. The van der Waals surface area contributed by atoms with Crippen molar-refractivity contribution in [3.63, 3.8) is 0 Å². The standard InChI is InChI=1S/C18H14ClN3O3S/c1-11(23)25-15-8-4-13(5-9-15)17(24)20-18-22-21-16(26-18)10-12-2-6-14(19)7-3-12/h2-9H,10H2,1H3,(H,20,22,24). The number of nitrogens with one attached hydrogen (secondary N) is 1. The monoisotopic (exact) mass is 387 g/mol. The summed E-state index contributed by atoms with van der Waals surface area (Å²) in [7, 11) is 0. The van der Waals surface area contributed by atoms with Gasteiger partial charge in [-0.2, -0.15) is 0 Å². The van der Waals surface area contributed by atoms with E-state index in [0.29, 0.717) is 27.9 Å². The molecule has 3 aromatic rings. The number of amides is 1. The molecule has 132 valence electrons. The summed E-state index contributed by atoms with van der Waals surface area (Å²) in [5, 5.41) is 12.7. The van der Waals surface area contributed by atoms with E-state index in [4.69, 9.17) is 16.3 Å². The van der Waals surface area contributed by atoms with E-state index < -0.39 is 5.97 Å². The van der Waals surface area contributed by atoms with E-state index in [1.165, 1.54) is 18.3 Å². The molecule has 1 N–H and O–H groups in total. The molecular weight excluding hydrogens is 374 g/mol. The molecule has 0 spiro atoms. The van der Waals surface area contributed by atoms with Crippen molar-refractivity contribution in [1.82, 2.24) is 10.2 Å². The minimum absolute atomic E-state index is 0.312. The molecular formula is C18H14ClN3O3S. The Labute approximate surface area is 158 Å². The quantitative estimate of drug-likeness (QED) is 0.529. The Morgan fingerprint density at radius 1 is 1.08 bits per heavy atom. The van der Waals surface area contributed by atoms with Gasteiger partial charge in [0.05, 0.1) is 0 Å². The van der Waals surface area contributed by atoms with E-state index in [2.05, 4.69) is 15.5 Å². The molecule has 0 atom stereocenters. The SMILES string of the molecule is CC(=O)Oc1ccc(C(=O)Nc2nnc(Cc3ccc(Cl)cc3)s2)cc1. The van der Waals surface area contributed by atoms with Crippen LogP contribution < -0.4 is 10.1 Å². The van der Waals surface area contributed by atoms with Crippen LogP contribution in [0.5, 0.6) is 5.75 Å². The summed E-state index contributed by atoms with van der Waals surface area (Å²) >= 11 is 7.18. The summed E-state index contributed by atoms with van der Waals surface area (Å²) in [4.78, 5) is 23.2. The average molecular weight is 388 g/mol. The topological polar surface area (TPSA) is 81.2 Å². The predicted molar refractivity (Wildman–Crippen MR) is 99.9 cm³/mol. The molecule has 1 aromatic heterocycles. The summed E-state index contributed by atoms with van der Waals surface area (Å²) in [6.45, 7) is 1.32.